The number of likely N-dealkylation sites (tertiary alicyclic amines) is 1. The first-order valence-corrected chi connectivity index (χ1v) is 13.8. The fraction of sp³-hybridized carbons (Fsp3) is 0.458. The Morgan fingerprint density at radius 1 is 1.06 bits per heavy atom. The molecule has 1 amide bonds. The van der Waals surface area contributed by atoms with Crippen molar-refractivity contribution >= 4 is 33.4 Å². The molecule has 8 heteroatoms. The molecule has 1 fully saturated rings. The van der Waals surface area contributed by atoms with Gasteiger partial charge in [-0.25, -0.2) is 13.1 Å². The van der Waals surface area contributed by atoms with Crippen molar-refractivity contribution in [3.63, 3.8) is 0 Å². The summed E-state index contributed by atoms with van der Waals surface area (Å²) in [4.78, 5) is 15.6. The third-order valence-electron chi connectivity index (χ3n) is 5.68. The van der Waals surface area contributed by atoms with E-state index in [9.17, 15) is 13.2 Å². The van der Waals surface area contributed by atoms with E-state index in [1.165, 1.54) is 37.1 Å². The van der Waals surface area contributed by atoms with E-state index in [0.29, 0.717) is 5.69 Å². The van der Waals surface area contributed by atoms with Crippen LogP contribution in [-0.2, 0) is 27.9 Å². The highest BCUT2D eigenvalue weighted by molar-refractivity contribution is 7.98. The van der Waals surface area contributed by atoms with Crippen LogP contribution in [-0.4, -0.2) is 38.6 Å². The van der Waals surface area contributed by atoms with Crippen molar-refractivity contribution < 1.29 is 13.2 Å². The lowest BCUT2D eigenvalue weighted by atomic mass is 10.1. The summed E-state index contributed by atoms with van der Waals surface area (Å²) in [6.07, 6.45) is 5.62. The van der Waals surface area contributed by atoms with Crippen molar-refractivity contribution in [3.8, 4) is 0 Å². The molecule has 0 unspecified atom stereocenters. The number of thioether (sulfide) groups is 1. The molecule has 6 nitrogen and oxygen atoms in total. The molecule has 32 heavy (non-hydrogen) atoms. The summed E-state index contributed by atoms with van der Waals surface area (Å²) >= 11 is 1.46. The number of hydrogen-bond donors (Lipinski definition) is 2. The molecule has 2 aromatic carbocycles. The number of carbonyl (C=O) groups excluding carboxylic acids is 1. The summed E-state index contributed by atoms with van der Waals surface area (Å²) in [5, 5.41) is 2.84. The topological polar surface area (TPSA) is 78.5 Å². The Morgan fingerprint density at radius 3 is 2.41 bits per heavy atom. The van der Waals surface area contributed by atoms with Crippen LogP contribution in [0.4, 0.5) is 5.69 Å². The number of benzene rings is 2. The maximum Gasteiger partial charge on any atom is 0.240 e. The van der Waals surface area contributed by atoms with Gasteiger partial charge in [-0.15, -0.1) is 11.8 Å². The van der Waals surface area contributed by atoms with Crippen LogP contribution in [0.5, 0.6) is 0 Å². The average Bonchev–Trinajstić information content (AvgIpc) is 2.79. The highest BCUT2D eigenvalue weighted by Crippen LogP contribution is 2.29. The molecule has 0 radical (unpaired) electrons. The van der Waals surface area contributed by atoms with Crippen LogP contribution in [0, 0.1) is 5.92 Å². The Bertz CT molecular complexity index is 1030. The third kappa shape index (κ3) is 6.57. The van der Waals surface area contributed by atoms with Crippen LogP contribution >= 0.6 is 11.8 Å². The van der Waals surface area contributed by atoms with E-state index >= 15 is 0 Å². The number of rotatable bonds is 9. The molecular weight excluding hydrogens is 442 g/mol. The molecule has 1 aliphatic rings. The second-order valence-corrected chi connectivity index (χ2v) is 11.1. The minimum atomic E-state index is -3.74. The molecule has 1 aliphatic heterocycles. The van der Waals surface area contributed by atoms with Gasteiger partial charge in [0.05, 0.1) is 10.6 Å². The molecule has 0 saturated carbocycles. The highest BCUT2D eigenvalue weighted by Gasteiger charge is 2.19. The fourth-order valence-electron chi connectivity index (χ4n) is 3.73. The lowest BCUT2D eigenvalue weighted by Crippen LogP contribution is -2.30. The van der Waals surface area contributed by atoms with Gasteiger partial charge in [0.1, 0.15) is 0 Å². The summed E-state index contributed by atoms with van der Waals surface area (Å²) in [6, 6.07) is 12.8. The number of sulfonamides is 1. The zero-order valence-electron chi connectivity index (χ0n) is 19.1. The zero-order valence-corrected chi connectivity index (χ0v) is 20.7. The lowest BCUT2D eigenvalue weighted by Gasteiger charge is -2.27. The van der Waals surface area contributed by atoms with Crippen LogP contribution < -0.4 is 10.0 Å². The number of hydrogen-bond acceptors (Lipinski definition) is 5. The number of anilines is 1. The minimum Gasteiger partial charge on any atom is -0.325 e. The van der Waals surface area contributed by atoms with E-state index in [0.717, 1.165) is 35.7 Å². The predicted molar refractivity (Wildman–Crippen MR) is 131 cm³/mol. The minimum absolute atomic E-state index is 0.142. The molecule has 3 rings (SSSR count). The first kappa shape index (κ1) is 24.8. The second-order valence-electron chi connectivity index (χ2n) is 8.44. The molecule has 2 N–H and O–H groups in total. The maximum absolute atomic E-state index is 13.0. The molecule has 174 valence electrons. The van der Waals surface area contributed by atoms with E-state index < -0.39 is 10.0 Å². The van der Waals surface area contributed by atoms with Gasteiger partial charge in [-0.05, 0) is 61.5 Å². The molecule has 0 aliphatic carbocycles. The number of piperidine rings is 1. The number of nitrogens with one attached hydrogen (secondary N) is 2. The summed E-state index contributed by atoms with van der Waals surface area (Å²) in [6.45, 7) is 6.85. The third-order valence-corrected chi connectivity index (χ3v) is 7.87. The molecule has 1 saturated heterocycles. The number of carbonyl (C=O) groups is 1. The second kappa shape index (κ2) is 11.3. The van der Waals surface area contributed by atoms with Gasteiger partial charge in [-0.1, -0.05) is 44.5 Å². The van der Waals surface area contributed by atoms with Crippen LogP contribution in [0.15, 0.2) is 52.3 Å². The Balaban J connectivity index is 1.75. The van der Waals surface area contributed by atoms with Gasteiger partial charge >= 0.3 is 0 Å². The Morgan fingerprint density at radius 2 is 1.75 bits per heavy atom. The molecule has 0 atom stereocenters. The molecule has 0 bridgehead atoms. The van der Waals surface area contributed by atoms with E-state index in [2.05, 4.69) is 21.0 Å². The quantitative estimate of drug-likeness (QED) is 0.523. The van der Waals surface area contributed by atoms with Crippen molar-refractivity contribution in [1.82, 2.24) is 9.62 Å². The smallest absolute Gasteiger partial charge is 0.240 e. The highest BCUT2D eigenvalue weighted by atomic mass is 32.2. The normalized spacial score (nSPS) is 15.1. The Kier molecular flexibility index (Phi) is 8.76. The summed E-state index contributed by atoms with van der Waals surface area (Å²) < 4.78 is 28.8. The van der Waals surface area contributed by atoms with Crippen molar-refractivity contribution in [2.45, 2.75) is 56.0 Å². The average molecular weight is 476 g/mol. The van der Waals surface area contributed by atoms with Gasteiger partial charge in [-0.3, -0.25) is 9.69 Å². The van der Waals surface area contributed by atoms with E-state index in [-0.39, 0.29) is 23.3 Å². The fourth-order valence-corrected chi connectivity index (χ4v) is 5.29. The van der Waals surface area contributed by atoms with Crippen molar-refractivity contribution in [2.75, 3.05) is 24.7 Å². The SMILES string of the molecule is CSc1ccc(S(=O)(=O)NCc2ccccc2CN2CCCCC2)cc1NC(=O)C(C)C. The lowest BCUT2D eigenvalue weighted by molar-refractivity contribution is -0.118. The standard InChI is InChI=1S/C24H33N3O3S2/c1-18(2)24(28)26-22-15-21(11-12-23(22)31-3)32(29,30)25-16-19-9-5-6-10-20(19)17-27-13-7-4-8-14-27/h5-6,9-12,15,18,25H,4,7-8,13-14,16-17H2,1-3H3,(H,26,28). The Labute approximate surface area is 196 Å². The van der Waals surface area contributed by atoms with Crippen LogP contribution in [0.1, 0.15) is 44.2 Å². The van der Waals surface area contributed by atoms with Gasteiger partial charge in [-0.2, -0.15) is 0 Å². The van der Waals surface area contributed by atoms with Crippen molar-refractivity contribution in [2.24, 2.45) is 5.92 Å². The molecular formula is C24H33N3O3S2. The van der Waals surface area contributed by atoms with E-state index in [4.69, 9.17) is 0 Å². The maximum atomic E-state index is 13.0. The summed E-state index contributed by atoms with van der Waals surface area (Å²) in [5.74, 6) is -0.339. The first-order valence-electron chi connectivity index (χ1n) is 11.1. The summed E-state index contributed by atoms with van der Waals surface area (Å²) in [7, 11) is -3.74. The molecule has 0 aromatic heterocycles. The molecule has 0 spiro atoms. The molecule has 1 heterocycles. The van der Waals surface area contributed by atoms with Crippen LogP contribution in [0.25, 0.3) is 0 Å². The van der Waals surface area contributed by atoms with Gasteiger partial charge in [0.15, 0.2) is 0 Å². The van der Waals surface area contributed by atoms with Gasteiger partial charge in [0, 0.05) is 23.9 Å². The van der Waals surface area contributed by atoms with E-state index in [1.807, 2.05) is 24.5 Å². The zero-order chi connectivity index (χ0) is 23.1. The van der Waals surface area contributed by atoms with Crippen molar-refractivity contribution in [1.29, 1.82) is 0 Å². The number of amides is 1. The van der Waals surface area contributed by atoms with Gasteiger partial charge in [0.25, 0.3) is 0 Å². The van der Waals surface area contributed by atoms with E-state index in [1.54, 1.807) is 26.0 Å². The number of nitrogens with zero attached hydrogens (tertiary/aromatic N) is 1. The van der Waals surface area contributed by atoms with Gasteiger partial charge < -0.3 is 5.32 Å². The Hall–Kier alpha value is -1.87. The van der Waals surface area contributed by atoms with Crippen LogP contribution in [0.2, 0.25) is 0 Å². The van der Waals surface area contributed by atoms with Crippen molar-refractivity contribution in [3.05, 3.63) is 53.6 Å². The van der Waals surface area contributed by atoms with Crippen LogP contribution in [0.3, 0.4) is 0 Å². The predicted octanol–water partition coefficient (Wildman–Crippen LogP) is 4.47. The summed E-state index contributed by atoms with van der Waals surface area (Å²) in [5.41, 5.74) is 2.65. The van der Waals surface area contributed by atoms with Gasteiger partial charge in [0.2, 0.25) is 15.9 Å². The first-order chi connectivity index (χ1) is 15.3. The monoisotopic (exact) mass is 475 g/mol. The molecule has 2 aromatic rings. The largest absolute Gasteiger partial charge is 0.325 e.